The topological polar surface area (TPSA) is 86.5 Å². The Labute approximate surface area is 139 Å². The molecule has 0 spiro atoms. The molecule has 0 amide bonds. The summed E-state index contributed by atoms with van der Waals surface area (Å²) in [5.74, 6) is 1.02. The van der Waals surface area contributed by atoms with E-state index in [0.717, 1.165) is 23.3 Å². The van der Waals surface area contributed by atoms with Crippen molar-refractivity contribution in [1.29, 1.82) is 0 Å². The van der Waals surface area contributed by atoms with Gasteiger partial charge in [0.15, 0.2) is 0 Å². The van der Waals surface area contributed by atoms with Gasteiger partial charge in [-0.2, -0.15) is 0 Å². The molecule has 0 bridgehead atoms. The average Bonchev–Trinajstić information content (AvgIpc) is 3.07. The van der Waals surface area contributed by atoms with Crippen molar-refractivity contribution in [3.63, 3.8) is 0 Å². The van der Waals surface area contributed by atoms with Gasteiger partial charge in [0.2, 0.25) is 5.82 Å². The highest BCUT2D eigenvalue weighted by Gasteiger charge is 2.19. The third-order valence-electron chi connectivity index (χ3n) is 3.83. The summed E-state index contributed by atoms with van der Waals surface area (Å²) in [6.45, 7) is 3.69. The summed E-state index contributed by atoms with van der Waals surface area (Å²) in [7, 11) is 0. The first-order valence-corrected chi connectivity index (χ1v) is 7.80. The van der Waals surface area contributed by atoms with E-state index in [-0.39, 0.29) is 17.6 Å². The fourth-order valence-corrected chi connectivity index (χ4v) is 2.56. The van der Waals surface area contributed by atoms with Crippen LogP contribution in [0.15, 0.2) is 36.5 Å². The van der Waals surface area contributed by atoms with Gasteiger partial charge in [-0.1, -0.05) is 12.1 Å². The maximum Gasteiger partial charge on any atom is 0.311 e. The SMILES string of the molecule is Cc1ccc(CNc2ncccc2[N+](=O)[O-])c(O[C@H]2CCOC2)c1. The molecule has 1 aromatic heterocycles. The molecule has 1 aromatic carbocycles. The Bertz CT molecular complexity index is 730. The molecule has 7 heteroatoms. The average molecular weight is 329 g/mol. The van der Waals surface area contributed by atoms with Gasteiger partial charge in [-0.25, -0.2) is 4.98 Å². The summed E-state index contributed by atoms with van der Waals surface area (Å²) < 4.78 is 11.4. The van der Waals surface area contributed by atoms with Gasteiger partial charge in [0.05, 0.1) is 18.1 Å². The van der Waals surface area contributed by atoms with Gasteiger partial charge >= 0.3 is 5.69 Å². The molecule has 1 aliphatic rings. The quantitative estimate of drug-likeness (QED) is 0.647. The van der Waals surface area contributed by atoms with Crippen molar-refractivity contribution in [3.8, 4) is 5.75 Å². The highest BCUT2D eigenvalue weighted by atomic mass is 16.6. The molecule has 3 rings (SSSR count). The van der Waals surface area contributed by atoms with Gasteiger partial charge in [-0.15, -0.1) is 0 Å². The molecular weight excluding hydrogens is 310 g/mol. The van der Waals surface area contributed by atoms with Crippen LogP contribution in [-0.2, 0) is 11.3 Å². The first-order chi connectivity index (χ1) is 11.6. The van der Waals surface area contributed by atoms with Crippen molar-refractivity contribution in [2.75, 3.05) is 18.5 Å². The molecular formula is C17H19N3O4. The summed E-state index contributed by atoms with van der Waals surface area (Å²) in [6, 6.07) is 8.90. The Morgan fingerprint density at radius 2 is 2.33 bits per heavy atom. The van der Waals surface area contributed by atoms with Gasteiger partial charge < -0.3 is 14.8 Å². The minimum absolute atomic E-state index is 0.0451. The number of benzene rings is 1. The van der Waals surface area contributed by atoms with Crippen molar-refractivity contribution >= 4 is 11.5 Å². The van der Waals surface area contributed by atoms with Crippen LogP contribution in [0.2, 0.25) is 0 Å². The maximum atomic E-state index is 11.1. The second-order valence-corrected chi connectivity index (χ2v) is 5.70. The van der Waals surface area contributed by atoms with Crippen molar-refractivity contribution in [1.82, 2.24) is 4.98 Å². The number of rotatable bonds is 6. The van der Waals surface area contributed by atoms with Gasteiger partial charge in [0.25, 0.3) is 0 Å². The predicted molar refractivity (Wildman–Crippen MR) is 89.2 cm³/mol. The zero-order valence-corrected chi connectivity index (χ0v) is 13.4. The van der Waals surface area contributed by atoms with E-state index in [1.54, 1.807) is 6.07 Å². The standard InChI is InChI=1S/C17H19N3O4/c1-12-4-5-13(16(9-12)24-14-6-8-23-11-14)10-19-17-15(20(21)22)3-2-7-18-17/h2-5,7,9,14H,6,8,10-11H2,1H3,(H,18,19)/t14-/m0/s1. The molecule has 0 radical (unpaired) electrons. The Morgan fingerprint density at radius 1 is 1.46 bits per heavy atom. The molecule has 0 saturated carbocycles. The van der Waals surface area contributed by atoms with Gasteiger partial charge in [-0.05, 0) is 24.6 Å². The highest BCUT2D eigenvalue weighted by Crippen LogP contribution is 2.26. The third kappa shape index (κ3) is 3.80. The van der Waals surface area contributed by atoms with E-state index < -0.39 is 4.92 Å². The van der Waals surface area contributed by atoms with E-state index in [1.165, 1.54) is 12.3 Å². The summed E-state index contributed by atoms with van der Waals surface area (Å²) in [4.78, 5) is 14.7. The van der Waals surface area contributed by atoms with Crippen LogP contribution in [0.1, 0.15) is 17.5 Å². The molecule has 126 valence electrons. The molecule has 0 aliphatic carbocycles. The molecule has 0 unspecified atom stereocenters. The molecule has 1 aliphatic heterocycles. The fourth-order valence-electron chi connectivity index (χ4n) is 2.56. The Hall–Kier alpha value is -2.67. The van der Waals surface area contributed by atoms with E-state index in [1.807, 2.05) is 25.1 Å². The molecule has 1 saturated heterocycles. The fraction of sp³-hybridized carbons (Fsp3) is 0.353. The molecule has 24 heavy (non-hydrogen) atoms. The molecule has 1 atom stereocenters. The number of anilines is 1. The lowest BCUT2D eigenvalue weighted by atomic mass is 10.1. The molecule has 1 fully saturated rings. The van der Waals surface area contributed by atoms with Crippen LogP contribution < -0.4 is 10.1 Å². The van der Waals surface area contributed by atoms with Crippen LogP contribution in [0.5, 0.6) is 5.75 Å². The van der Waals surface area contributed by atoms with E-state index in [0.29, 0.717) is 19.8 Å². The maximum absolute atomic E-state index is 11.1. The lowest BCUT2D eigenvalue weighted by Crippen LogP contribution is -2.17. The molecule has 7 nitrogen and oxygen atoms in total. The van der Waals surface area contributed by atoms with Crippen LogP contribution in [-0.4, -0.2) is 29.2 Å². The van der Waals surface area contributed by atoms with Crippen LogP contribution in [0.4, 0.5) is 11.5 Å². The monoisotopic (exact) mass is 329 g/mol. The van der Waals surface area contributed by atoms with E-state index in [2.05, 4.69) is 10.3 Å². The van der Waals surface area contributed by atoms with Crippen molar-refractivity contribution in [3.05, 3.63) is 57.8 Å². The van der Waals surface area contributed by atoms with Crippen molar-refractivity contribution in [2.24, 2.45) is 0 Å². The smallest absolute Gasteiger partial charge is 0.311 e. The molecule has 1 N–H and O–H groups in total. The van der Waals surface area contributed by atoms with Crippen LogP contribution in [0, 0.1) is 17.0 Å². The number of aryl methyl sites for hydroxylation is 1. The summed E-state index contributed by atoms with van der Waals surface area (Å²) >= 11 is 0. The number of nitrogens with zero attached hydrogens (tertiary/aromatic N) is 2. The normalized spacial score (nSPS) is 16.8. The summed E-state index contributed by atoms with van der Waals surface area (Å²) in [5.41, 5.74) is 1.97. The third-order valence-corrected chi connectivity index (χ3v) is 3.83. The molecule has 2 heterocycles. The van der Waals surface area contributed by atoms with E-state index in [4.69, 9.17) is 9.47 Å². The number of pyridine rings is 1. The number of hydrogen-bond acceptors (Lipinski definition) is 6. The predicted octanol–water partition coefficient (Wildman–Crippen LogP) is 3.08. The van der Waals surface area contributed by atoms with Crippen molar-refractivity contribution < 1.29 is 14.4 Å². The number of hydrogen-bond donors (Lipinski definition) is 1. The minimum atomic E-state index is -0.447. The van der Waals surface area contributed by atoms with Gasteiger partial charge in [0, 0.05) is 30.8 Å². The second kappa shape index (κ2) is 7.27. The Kier molecular flexibility index (Phi) is 4.90. The van der Waals surface area contributed by atoms with Gasteiger partial charge in [-0.3, -0.25) is 10.1 Å². The first kappa shape index (κ1) is 16.2. The van der Waals surface area contributed by atoms with Gasteiger partial charge in [0.1, 0.15) is 11.9 Å². The zero-order valence-electron chi connectivity index (χ0n) is 13.4. The second-order valence-electron chi connectivity index (χ2n) is 5.70. The molecule has 2 aromatic rings. The van der Waals surface area contributed by atoms with E-state index >= 15 is 0 Å². The number of nitrogens with one attached hydrogen (secondary N) is 1. The number of nitro groups is 1. The van der Waals surface area contributed by atoms with Crippen molar-refractivity contribution in [2.45, 2.75) is 26.0 Å². The first-order valence-electron chi connectivity index (χ1n) is 7.80. The zero-order chi connectivity index (χ0) is 16.9. The summed E-state index contributed by atoms with van der Waals surface area (Å²) in [5, 5.41) is 14.1. The minimum Gasteiger partial charge on any atom is -0.488 e. The van der Waals surface area contributed by atoms with Crippen LogP contribution in [0.25, 0.3) is 0 Å². The Morgan fingerprint density at radius 3 is 3.08 bits per heavy atom. The lowest BCUT2D eigenvalue weighted by Gasteiger charge is -2.17. The van der Waals surface area contributed by atoms with Crippen LogP contribution in [0.3, 0.4) is 0 Å². The Balaban J connectivity index is 1.76. The number of ether oxygens (including phenoxy) is 2. The van der Waals surface area contributed by atoms with Crippen LogP contribution >= 0.6 is 0 Å². The van der Waals surface area contributed by atoms with E-state index in [9.17, 15) is 10.1 Å². The largest absolute Gasteiger partial charge is 0.488 e. The summed E-state index contributed by atoms with van der Waals surface area (Å²) in [6.07, 6.45) is 2.44. The number of aromatic nitrogens is 1. The highest BCUT2D eigenvalue weighted by molar-refractivity contribution is 5.55. The lowest BCUT2D eigenvalue weighted by molar-refractivity contribution is -0.384.